The van der Waals surface area contributed by atoms with Crippen LogP contribution in [0.1, 0.15) is 85.0 Å². The fourth-order valence-electron chi connectivity index (χ4n) is 4.78. The summed E-state index contributed by atoms with van der Waals surface area (Å²) < 4.78 is 5.63. The van der Waals surface area contributed by atoms with Crippen molar-refractivity contribution in [1.82, 2.24) is 5.32 Å². The van der Waals surface area contributed by atoms with E-state index in [-0.39, 0.29) is 35.7 Å². The van der Waals surface area contributed by atoms with Crippen LogP contribution in [0.15, 0.2) is 10.5 Å². The van der Waals surface area contributed by atoms with Gasteiger partial charge in [-0.25, -0.2) is 0 Å². The molecule has 0 aromatic carbocycles. The zero-order valence-electron chi connectivity index (χ0n) is 18.0. The lowest BCUT2D eigenvalue weighted by molar-refractivity contribution is -0.151. The molecule has 0 aromatic heterocycles. The number of ether oxygens (including phenoxy) is 1. The van der Waals surface area contributed by atoms with E-state index in [9.17, 15) is 14.9 Å². The van der Waals surface area contributed by atoms with Gasteiger partial charge in [-0.3, -0.25) is 9.59 Å². The van der Waals surface area contributed by atoms with Gasteiger partial charge in [-0.2, -0.15) is 5.26 Å². The molecule has 6 heteroatoms. The first kappa shape index (κ1) is 22.2. The van der Waals surface area contributed by atoms with Crippen LogP contribution in [0.2, 0.25) is 0 Å². The lowest BCUT2D eigenvalue weighted by Crippen LogP contribution is -2.36. The molecular weight excluding hydrogens is 384 g/mol. The third-order valence-corrected chi connectivity index (χ3v) is 7.97. The largest absolute Gasteiger partial charge is 0.462 e. The predicted molar refractivity (Wildman–Crippen MR) is 115 cm³/mol. The highest BCUT2D eigenvalue weighted by Gasteiger charge is 2.38. The fraction of sp³-hybridized carbons (Fsp3) is 0.783. The molecule has 160 valence electrons. The van der Waals surface area contributed by atoms with Crippen molar-refractivity contribution in [2.75, 3.05) is 0 Å². The second-order valence-corrected chi connectivity index (χ2v) is 10.9. The molecule has 1 aliphatic heterocycles. The number of esters is 1. The summed E-state index contributed by atoms with van der Waals surface area (Å²) in [5.41, 5.74) is 1.55. The van der Waals surface area contributed by atoms with Crippen molar-refractivity contribution in [2.45, 2.75) is 96.5 Å². The normalized spacial score (nSPS) is 29.3. The van der Waals surface area contributed by atoms with Gasteiger partial charge in [0.2, 0.25) is 5.91 Å². The summed E-state index contributed by atoms with van der Waals surface area (Å²) in [5, 5.41) is 12.3. The Morgan fingerprint density at radius 1 is 1.17 bits per heavy atom. The lowest BCUT2D eigenvalue weighted by Gasteiger charge is -2.36. The van der Waals surface area contributed by atoms with E-state index >= 15 is 0 Å². The van der Waals surface area contributed by atoms with Gasteiger partial charge < -0.3 is 10.1 Å². The molecule has 1 amide bonds. The third-order valence-electron chi connectivity index (χ3n) is 6.58. The zero-order chi connectivity index (χ0) is 21.0. The summed E-state index contributed by atoms with van der Waals surface area (Å²) in [6.07, 6.45) is 8.36. The fourth-order valence-corrected chi connectivity index (χ4v) is 6.28. The SMILES string of the molecule is CC(C)(C)C1CCC(OC(=O)CCCC(=O)NC2SC3=C(CCC3)C2C#N)CC1. The number of nitrogens with one attached hydrogen (secondary N) is 1. The molecule has 29 heavy (non-hydrogen) atoms. The average Bonchev–Trinajstić information content (AvgIpc) is 3.22. The summed E-state index contributed by atoms with van der Waals surface area (Å²) in [5.74, 6) is 0.225. The van der Waals surface area contributed by atoms with Crippen LogP contribution >= 0.6 is 11.8 Å². The van der Waals surface area contributed by atoms with Crippen LogP contribution < -0.4 is 5.32 Å². The Morgan fingerprint density at radius 3 is 2.55 bits per heavy atom. The summed E-state index contributed by atoms with van der Waals surface area (Å²) in [6, 6.07) is 2.36. The Kier molecular flexibility index (Phi) is 7.32. The number of carbonyl (C=O) groups excluding carboxylic acids is 2. The number of thioether (sulfide) groups is 1. The smallest absolute Gasteiger partial charge is 0.306 e. The van der Waals surface area contributed by atoms with Gasteiger partial charge in [-0.15, -0.1) is 11.8 Å². The molecule has 2 aliphatic carbocycles. The molecule has 1 saturated carbocycles. The van der Waals surface area contributed by atoms with Crippen molar-refractivity contribution in [2.24, 2.45) is 17.3 Å². The van der Waals surface area contributed by atoms with Crippen LogP contribution in [0.5, 0.6) is 0 Å². The number of hydrogen-bond donors (Lipinski definition) is 1. The molecule has 0 radical (unpaired) electrons. The maximum atomic E-state index is 12.3. The van der Waals surface area contributed by atoms with Gasteiger partial charge in [-0.05, 0) is 73.2 Å². The number of amides is 1. The standard InChI is InChI=1S/C23H34N2O3S/c1-23(2,3)15-10-12-16(13-11-15)28-21(27)9-5-8-20(26)25-22-18(14-24)17-6-4-7-19(17)29-22/h15-16,18,22H,4-13H2,1-3H3,(H,25,26). The summed E-state index contributed by atoms with van der Waals surface area (Å²) >= 11 is 1.64. The first-order valence-electron chi connectivity index (χ1n) is 11.0. The molecular formula is C23H34N2O3S. The predicted octanol–water partition coefficient (Wildman–Crippen LogP) is 5.07. The van der Waals surface area contributed by atoms with Crippen LogP contribution in [0, 0.1) is 28.6 Å². The molecule has 0 aromatic rings. The van der Waals surface area contributed by atoms with E-state index in [0.29, 0.717) is 24.2 Å². The quantitative estimate of drug-likeness (QED) is 0.609. The lowest BCUT2D eigenvalue weighted by atomic mass is 9.72. The maximum absolute atomic E-state index is 12.3. The third kappa shape index (κ3) is 5.78. The van der Waals surface area contributed by atoms with Gasteiger partial charge in [0, 0.05) is 12.8 Å². The van der Waals surface area contributed by atoms with E-state index in [0.717, 1.165) is 44.9 Å². The van der Waals surface area contributed by atoms with E-state index in [1.807, 2.05) is 0 Å². The average molecular weight is 419 g/mol. The molecule has 3 rings (SSSR count). The van der Waals surface area contributed by atoms with Crippen molar-refractivity contribution in [1.29, 1.82) is 5.26 Å². The minimum absolute atomic E-state index is 0.0367. The first-order valence-corrected chi connectivity index (χ1v) is 11.9. The minimum atomic E-state index is -0.199. The highest BCUT2D eigenvalue weighted by atomic mass is 32.2. The number of rotatable bonds is 6. The Hall–Kier alpha value is -1.48. The second-order valence-electron chi connectivity index (χ2n) is 9.70. The van der Waals surface area contributed by atoms with E-state index < -0.39 is 0 Å². The highest BCUT2D eigenvalue weighted by Crippen LogP contribution is 2.49. The van der Waals surface area contributed by atoms with Gasteiger partial charge in [0.15, 0.2) is 0 Å². The Morgan fingerprint density at radius 2 is 1.90 bits per heavy atom. The number of allylic oxidation sites excluding steroid dienone is 1. The number of nitrogens with zero attached hydrogens (tertiary/aromatic N) is 1. The topological polar surface area (TPSA) is 79.2 Å². The Labute approximate surface area is 179 Å². The highest BCUT2D eigenvalue weighted by molar-refractivity contribution is 8.04. The van der Waals surface area contributed by atoms with E-state index in [1.54, 1.807) is 11.8 Å². The number of hydrogen-bond acceptors (Lipinski definition) is 5. The molecule has 1 fully saturated rings. The second kappa shape index (κ2) is 9.55. The van der Waals surface area contributed by atoms with Crippen LogP contribution in [0.25, 0.3) is 0 Å². The Bertz CT molecular complexity index is 696. The summed E-state index contributed by atoms with van der Waals surface area (Å²) in [7, 11) is 0. The van der Waals surface area contributed by atoms with Gasteiger partial charge in [0.25, 0.3) is 0 Å². The number of nitriles is 1. The van der Waals surface area contributed by atoms with Crippen molar-refractivity contribution >= 4 is 23.6 Å². The molecule has 0 bridgehead atoms. The molecule has 3 aliphatic rings. The zero-order valence-corrected chi connectivity index (χ0v) is 18.8. The Balaban J connectivity index is 1.32. The van der Waals surface area contributed by atoms with Crippen LogP contribution in [-0.2, 0) is 14.3 Å². The van der Waals surface area contributed by atoms with Crippen LogP contribution in [0.4, 0.5) is 0 Å². The molecule has 0 saturated heterocycles. The number of carbonyl (C=O) groups is 2. The molecule has 0 spiro atoms. The van der Waals surface area contributed by atoms with Crippen molar-refractivity contribution in [3.63, 3.8) is 0 Å². The van der Waals surface area contributed by atoms with Crippen molar-refractivity contribution < 1.29 is 14.3 Å². The summed E-state index contributed by atoms with van der Waals surface area (Å²) in [6.45, 7) is 6.84. The van der Waals surface area contributed by atoms with E-state index in [4.69, 9.17) is 4.74 Å². The molecule has 2 atom stereocenters. The molecule has 2 unspecified atom stereocenters. The van der Waals surface area contributed by atoms with Crippen molar-refractivity contribution in [3.8, 4) is 6.07 Å². The van der Waals surface area contributed by atoms with E-state index in [1.165, 1.54) is 10.5 Å². The summed E-state index contributed by atoms with van der Waals surface area (Å²) in [4.78, 5) is 25.7. The van der Waals surface area contributed by atoms with Gasteiger partial charge >= 0.3 is 5.97 Å². The molecule has 1 N–H and O–H groups in total. The van der Waals surface area contributed by atoms with Gasteiger partial charge in [0.1, 0.15) is 6.10 Å². The first-order chi connectivity index (χ1) is 13.8. The van der Waals surface area contributed by atoms with Gasteiger partial charge in [0.05, 0.1) is 17.4 Å². The molecule has 1 heterocycles. The van der Waals surface area contributed by atoms with Crippen LogP contribution in [0.3, 0.4) is 0 Å². The monoisotopic (exact) mass is 418 g/mol. The maximum Gasteiger partial charge on any atom is 0.306 e. The van der Waals surface area contributed by atoms with Gasteiger partial charge in [-0.1, -0.05) is 20.8 Å². The van der Waals surface area contributed by atoms with Crippen LogP contribution in [-0.4, -0.2) is 23.4 Å². The molecule has 5 nitrogen and oxygen atoms in total. The van der Waals surface area contributed by atoms with E-state index in [2.05, 4.69) is 32.2 Å². The minimum Gasteiger partial charge on any atom is -0.462 e. The van der Waals surface area contributed by atoms with Crippen molar-refractivity contribution in [3.05, 3.63) is 10.5 Å².